The lowest BCUT2D eigenvalue weighted by Gasteiger charge is -2.31. The Hall–Kier alpha value is -1.11. The zero-order valence-corrected chi connectivity index (χ0v) is 9.76. The fraction of sp³-hybridized carbons (Fsp3) is 0.818. The van der Waals surface area contributed by atoms with Crippen molar-refractivity contribution >= 4 is 11.8 Å². The monoisotopic (exact) mass is 268 g/mol. The lowest BCUT2D eigenvalue weighted by molar-refractivity contribution is -0.177. The number of carboxylic acid groups (broad SMARTS) is 1. The first-order valence-corrected chi connectivity index (χ1v) is 5.69. The van der Waals surface area contributed by atoms with Gasteiger partial charge in [-0.25, -0.2) is 0 Å². The van der Waals surface area contributed by atoms with Gasteiger partial charge in [0.25, 0.3) is 0 Å². The Morgan fingerprint density at radius 1 is 1.39 bits per heavy atom. The minimum Gasteiger partial charge on any atom is -0.480 e. The Morgan fingerprint density at radius 2 is 2.06 bits per heavy atom. The molecule has 1 unspecified atom stereocenters. The molecule has 0 spiro atoms. The van der Waals surface area contributed by atoms with Crippen molar-refractivity contribution in [3.8, 4) is 0 Å². The van der Waals surface area contributed by atoms with Crippen molar-refractivity contribution in [2.75, 3.05) is 13.2 Å². The van der Waals surface area contributed by atoms with Gasteiger partial charge in [-0.05, 0) is 19.3 Å². The Kier molecular flexibility index (Phi) is 4.72. The summed E-state index contributed by atoms with van der Waals surface area (Å²) in [5, 5.41) is 9.12. The minimum atomic E-state index is -4.44. The Balaban J connectivity index is 2.53. The maximum absolute atomic E-state index is 11.8. The van der Waals surface area contributed by atoms with E-state index in [4.69, 9.17) is 5.11 Å². The summed E-state index contributed by atoms with van der Waals surface area (Å²) < 4.78 is 39.9. The molecular weight excluding hydrogens is 253 g/mol. The Labute approximate surface area is 102 Å². The number of Topliss-reactive ketones (excluding diaryl/α,β-unsaturated/α-hetero) is 1. The number of rotatable bonds is 5. The van der Waals surface area contributed by atoms with Gasteiger partial charge < -0.3 is 9.84 Å². The van der Waals surface area contributed by atoms with Crippen LogP contribution in [0.2, 0.25) is 0 Å². The molecule has 4 nitrogen and oxygen atoms in total. The van der Waals surface area contributed by atoms with Gasteiger partial charge in [0.05, 0.1) is 0 Å². The van der Waals surface area contributed by atoms with E-state index >= 15 is 0 Å². The largest absolute Gasteiger partial charge is 0.480 e. The number of carbonyl (C=O) groups excluding carboxylic acids is 1. The zero-order chi connectivity index (χ0) is 13.8. The second-order valence-corrected chi connectivity index (χ2v) is 4.44. The number of carboxylic acids is 1. The summed E-state index contributed by atoms with van der Waals surface area (Å²) >= 11 is 0. The van der Waals surface area contributed by atoms with Crippen molar-refractivity contribution in [2.45, 2.75) is 38.3 Å². The lowest BCUT2D eigenvalue weighted by Crippen LogP contribution is -2.42. The summed E-state index contributed by atoms with van der Waals surface area (Å²) in [7, 11) is 0. The Bertz CT molecular complexity index is 327. The number of halogens is 3. The van der Waals surface area contributed by atoms with E-state index in [9.17, 15) is 22.8 Å². The van der Waals surface area contributed by atoms with Crippen LogP contribution in [-0.2, 0) is 14.3 Å². The van der Waals surface area contributed by atoms with Crippen molar-refractivity contribution in [1.82, 2.24) is 0 Å². The number of ether oxygens (including phenoxy) is 1. The van der Waals surface area contributed by atoms with Crippen LogP contribution in [-0.4, -0.2) is 36.2 Å². The molecule has 0 aliphatic heterocycles. The summed E-state index contributed by atoms with van der Waals surface area (Å²) in [6.07, 6.45) is -3.05. The topological polar surface area (TPSA) is 63.6 Å². The number of carbonyl (C=O) groups is 2. The first-order chi connectivity index (χ1) is 8.28. The van der Waals surface area contributed by atoms with Gasteiger partial charge in [0.2, 0.25) is 0 Å². The standard InChI is InChI=1S/C11H15F3O4/c12-11(13,14)7-18-6-5-10(9(16)17)4-2-1-3-8(10)15/h1-7H2,(H,16,17). The molecule has 0 saturated heterocycles. The third-order valence-electron chi connectivity index (χ3n) is 3.14. The van der Waals surface area contributed by atoms with Crippen LogP contribution in [0.5, 0.6) is 0 Å². The minimum absolute atomic E-state index is 0.172. The van der Waals surface area contributed by atoms with E-state index in [0.29, 0.717) is 12.8 Å². The summed E-state index contributed by atoms with van der Waals surface area (Å²) in [6, 6.07) is 0. The van der Waals surface area contributed by atoms with Gasteiger partial charge in [0.15, 0.2) is 0 Å². The van der Waals surface area contributed by atoms with Crippen molar-refractivity contribution in [3.63, 3.8) is 0 Å². The quantitative estimate of drug-likeness (QED) is 0.613. The molecule has 0 aromatic rings. The number of hydrogen-bond donors (Lipinski definition) is 1. The van der Waals surface area contributed by atoms with Crippen LogP contribution in [0.25, 0.3) is 0 Å². The predicted octanol–water partition coefficient (Wildman–Crippen LogP) is 2.17. The SMILES string of the molecule is O=C(O)C1(CCOCC(F)(F)F)CCCCC1=O. The van der Waals surface area contributed by atoms with E-state index in [1.807, 2.05) is 0 Å². The van der Waals surface area contributed by atoms with Gasteiger partial charge >= 0.3 is 12.1 Å². The van der Waals surface area contributed by atoms with E-state index in [2.05, 4.69) is 4.74 Å². The van der Waals surface area contributed by atoms with Crippen molar-refractivity contribution in [2.24, 2.45) is 5.41 Å². The van der Waals surface area contributed by atoms with E-state index < -0.39 is 30.0 Å². The maximum Gasteiger partial charge on any atom is 0.411 e. The molecule has 104 valence electrons. The predicted molar refractivity (Wildman–Crippen MR) is 55.0 cm³/mol. The molecule has 0 heterocycles. The van der Waals surface area contributed by atoms with E-state index in [1.54, 1.807) is 0 Å². The Morgan fingerprint density at radius 3 is 2.56 bits per heavy atom. The van der Waals surface area contributed by atoms with Crippen molar-refractivity contribution < 1.29 is 32.6 Å². The van der Waals surface area contributed by atoms with Crippen LogP contribution in [0.1, 0.15) is 32.1 Å². The van der Waals surface area contributed by atoms with Crippen LogP contribution in [0.15, 0.2) is 0 Å². The van der Waals surface area contributed by atoms with E-state index in [-0.39, 0.29) is 25.9 Å². The highest BCUT2D eigenvalue weighted by Crippen LogP contribution is 2.36. The third kappa shape index (κ3) is 3.69. The maximum atomic E-state index is 11.8. The molecule has 1 fully saturated rings. The van der Waals surface area contributed by atoms with Crippen LogP contribution >= 0.6 is 0 Å². The summed E-state index contributed by atoms with van der Waals surface area (Å²) in [5.41, 5.74) is -1.55. The van der Waals surface area contributed by atoms with Gasteiger partial charge in [-0.1, -0.05) is 6.42 Å². The molecule has 0 amide bonds. The second-order valence-electron chi connectivity index (χ2n) is 4.44. The van der Waals surface area contributed by atoms with Crippen LogP contribution in [0.3, 0.4) is 0 Å². The van der Waals surface area contributed by atoms with Gasteiger partial charge in [-0.2, -0.15) is 13.2 Å². The average molecular weight is 268 g/mol. The molecule has 1 atom stereocenters. The highest BCUT2D eigenvalue weighted by molar-refractivity contribution is 6.03. The zero-order valence-electron chi connectivity index (χ0n) is 9.76. The molecule has 0 bridgehead atoms. The van der Waals surface area contributed by atoms with Gasteiger partial charge in [-0.3, -0.25) is 9.59 Å². The molecule has 1 saturated carbocycles. The fourth-order valence-electron chi connectivity index (χ4n) is 2.12. The highest BCUT2D eigenvalue weighted by Gasteiger charge is 2.46. The average Bonchev–Trinajstić information content (AvgIpc) is 2.25. The molecule has 7 heteroatoms. The van der Waals surface area contributed by atoms with Crippen LogP contribution < -0.4 is 0 Å². The van der Waals surface area contributed by atoms with Crippen LogP contribution in [0.4, 0.5) is 13.2 Å². The molecule has 1 N–H and O–H groups in total. The summed E-state index contributed by atoms with van der Waals surface area (Å²) in [5.74, 6) is -1.67. The number of hydrogen-bond acceptors (Lipinski definition) is 3. The van der Waals surface area contributed by atoms with E-state index in [0.717, 1.165) is 0 Å². The fourth-order valence-corrected chi connectivity index (χ4v) is 2.12. The van der Waals surface area contributed by atoms with Gasteiger partial charge in [0.1, 0.15) is 17.8 Å². The highest BCUT2D eigenvalue weighted by atomic mass is 19.4. The number of ketones is 1. The van der Waals surface area contributed by atoms with Gasteiger partial charge in [0, 0.05) is 13.0 Å². The molecular formula is C11H15F3O4. The molecule has 1 rings (SSSR count). The molecule has 1 aliphatic carbocycles. The summed E-state index contributed by atoms with van der Waals surface area (Å²) in [4.78, 5) is 22.9. The first kappa shape index (κ1) is 14.9. The molecule has 1 aliphatic rings. The molecule has 18 heavy (non-hydrogen) atoms. The molecule has 0 radical (unpaired) electrons. The van der Waals surface area contributed by atoms with E-state index in [1.165, 1.54) is 0 Å². The number of alkyl halides is 3. The lowest BCUT2D eigenvalue weighted by atomic mass is 9.71. The smallest absolute Gasteiger partial charge is 0.411 e. The summed E-state index contributed by atoms with van der Waals surface area (Å²) in [6.45, 7) is -1.80. The normalized spacial score (nSPS) is 25.2. The molecule has 0 aromatic heterocycles. The van der Waals surface area contributed by atoms with Crippen LogP contribution in [0, 0.1) is 5.41 Å². The number of aliphatic carboxylic acids is 1. The molecule has 0 aromatic carbocycles. The van der Waals surface area contributed by atoms with Crippen molar-refractivity contribution in [3.05, 3.63) is 0 Å². The third-order valence-corrected chi connectivity index (χ3v) is 3.14. The van der Waals surface area contributed by atoms with Crippen molar-refractivity contribution in [1.29, 1.82) is 0 Å². The second kappa shape index (κ2) is 5.69. The first-order valence-electron chi connectivity index (χ1n) is 5.69. The van der Waals surface area contributed by atoms with Gasteiger partial charge in [-0.15, -0.1) is 0 Å².